The van der Waals surface area contributed by atoms with Crippen LogP contribution in [-0.4, -0.2) is 27.8 Å². The van der Waals surface area contributed by atoms with E-state index in [4.69, 9.17) is 4.74 Å². The van der Waals surface area contributed by atoms with E-state index in [0.717, 1.165) is 10.2 Å². The van der Waals surface area contributed by atoms with Crippen molar-refractivity contribution in [3.8, 4) is 5.75 Å². The first-order valence-electron chi connectivity index (χ1n) is 5.74. The summed E-state index contributed by atoms with van der Waals surface area (Å²) in [6.45, 7) is 0. The van der Waals surface area contributed by atoms with Crippen molar-refractivity contribution >= 4 is 25.2 Å². The summed E-state index contributed by atoms with van der Waals surface area (Å²) in [4.78, 5) is 12.0. The Morgan fingerprint density at radius 1 is 1.11 bits per heavy atom. The molecule has 0 spiro atoms. The van der Waals surface area contributed by atoms with Gasteiger partial charge in [0.1, 0.15) is 0 Å². The quantitative estimate of drug-likeness (QED) is 0.624. The molecule has 0 aromatic heterocycles. The molecule has 0 amide bonds. The molecule has 4 heteroatoms. The first kappa shape index (κ1) is 13.8. The van der Waals surface area contributed by atoms with Gasteiger partial charge in [-0.2, -0.15) is 0 Å². The minimum atomic E-state index is -0.249. The van der Waals surface area contributed by atoms with E-state index < -0.39 is 0 Å². The summed E-state index contributed by atoms with van der Waals surface area (Å²) in [5.41, 5.74) is 0.685. The molecule has 98 valence electrons. The molecule has 2 aromatic rings. The number of hydrogen-bond donors (Lipinski definition) is 0. The zero-order chi connectivity index (χ0) is 13.7. The Bertz CT molecular complexity index is 549. The van der Waals surface area contributed by atoms with Crippen LogP contribution in [0, 0.1) is 5.82 Å². The van der Waals surface area contributed by atoms with Gasteiger partial charge in [0, 0.05) is 0 Å². The van der Waals surface area contributed by atoms with Gasteiger partial charge in [-0.15, -0.1) is 0 Å². The van der Waals surface area contributed by atoms with Gasteiger partial charge in [0.05, 0.1) is 0 Å². The van der Waals surface area contributed by atoms with E-state index >= 15 is 0 Å². The summed E-state index contributed by atoms with van der Waals surface area (Å²) in [5, 5.41) is 0.477. The molecule has 0 heterocycles. The number of carbonyl (C=O) groups excluding carboxylic acids is 1. The minimum absolute atomic E-state index is 0.0325. The number of halogens is 1. The molecule has 0 aliphatic rings. The molecule has 19 heavy (non-hydrogen) atoms. The SMILES string of the molecule is COc1ccc(C(=O)C[Se]c2ccc(F)cc2)cc1. The van der Waals surface area contributed by atoms with E-state index in [9.17, 15) is 9.18 Å². The first-order valence-corrected chi connectivity index (χ1v) is 7.81. The van der Waals surface area contributed by atoms with Crippen LogP contribution in [0.15, 0.2) is 48.5 Å². The second-order valence-corrected chi connectivity index (χ2v) is 6.09. The fraction of sp³-hybridized carbons (Fsp3) is 0.133. The van der Waals surface area contributed by atoms with Gasteiger partial charge in [-0.05, 0) is 0 Å². The van der Waals surface area contributed by atoms with Crippen LogP contribution in [0.4, 0.5) is 4.39 Å². The average molecular weight is 323 g/mol. The molecular formula is C15H13FO2Se. The van der Waals surface area contributed by atoms with Gasteiger partial charge in [0.15, 0.2) is 0 Å². The van der Waals surface area contributed by atoms with Crippen LogP contribution in [-0.2, 0) is 0 Å². The molecule has 2 aromatic carbocycles. The van der Waals surface area contributed by atoms with Crippen molar-refractivity contribution < 1.29 is 13.9 Å². The summed E-state index contributed by atoms with van der Waals surface area (Å²) in [6.07, 6.45) is 0. The topological polar surface area (TPSA) is 26.3 Å². The fourth-order valence-corrected chi connectivity index (χ4v) is 3.20. The summed E-state index contributed by atoms with van der Waals surface area (Å²) < 4.78 is 18.8. The van der Waals surface area contributed by atoms with Gasteiger partial charge >= 0.3 is 117 Å². The van der Waals surface area contributed by atoms with Crippen molar-refractivity contribution in [1.82, 2.24) is 0 Å². The molecule has 0 fully saturated rings. The van der Waals surface area contributed by atoms with Crippen LogP contribution < -0.4 is 9.20 Å². The number of hydrogen-bond acceptors (Lipinski definition) is 2. The van der Waals surface area contributed by atoms with E-state index in [1.54, 1.807) is 43.5 Å². The second-order valence-electron chi connectivity index (χ2n) is 3.89. The van der Waals surface area contributed by atoms with Crippen LogP contribution in [0.5, 0.6) is 5.75 Å². The Kier molecular flexibility index (Phi) is 4.72. The van der Waals surface area contributed by atoms with E-state index in [0.29, 0.717) is 10.9 Å². The Labute approximate surface area is 117 Å². The molecule has 0 saturated carbocycles. The molecule has 0 atom stereocenters. The Morgan fingerprint density at radius 2 is 1.74 bits per heavy atom. The van der Waals surface area contributed by atoms with Crippen molar-refractivity contribution in [2.24, 2.45) is 0 Å². The Hall–Kier alpha value is -1.64. The van der Waals surface area contributed by atoms with Crippen LogP contribution in [0.1, 0.15) is 10.4 Å². The number of ether oxygens (including phenoxy) is 1. The standard InChI is InChI=1S/C15H13FO2Se/c1-18-13-6-2-11(3-7-13)15(17)10-19-14-8-4-12(16)5-9-14/h2-9H,10H2,1H3. The molecule has 0 N–H and O–H groups in total. The molecule has 0 aliphatic heterocycles. The number of ketones is 1. The molecule has 0 radical (unpaired) electrons. The first-order chi connectivity index (χ1) is 9.19. The normalized spacial score (nSPS) is 10.2. The van der Waals surface area contributed by atoms with Crippen molar-refractivity contribution in [2.75, 3.05) is 7.11 Å². The number of benzene rings is 2. The van der Waals surface area contributed by atoms with Gasteiger partial charge in [-0.1, -0.05) is 0 Å². The maximum absolute atomic E-state index is 12.8. The van der Waals surface area contributed by atoms with Crippen molar-refractivity contribution in [3.63, 3.8) is 0 Å². The molecule has 2 rings (SSSR count). The number of Topliss-reactive ketones (excluding diaryl/α,β-unsaturated/α-hetero) is 1. The molecule has 2 nitrogen and oxygen atoms in total. The zero-order valence-corrected chi connectivity index (χ0v) is 12.1. The number of methoxy groups -OCH3 is 1. The predicted octanol–water partition coefficient (Wildman–Crippen LogP) is 2.47. The van der Waals surface area contributed by atoms with Crippen LogP contribution in [0.25, 0.3) is 0 Å². The van der Waals surface area contributed by atoms with E-state index in [1.165, 1.54) is 12.1 Å². The van der Waals surface area contributed by atoms with Gasteiger partial charge in [-0.25, -0.2) is 0 Å². The molecule has 0 unspecified atom stereocenters. The molecular weight excluding hydrogens is 310 g/mol. The van der Waals surface area contributed by atoms with Crippen molar-refractivity contribution in [2.45, 2.75) is 5.32 Å². The third kappa shape index (κ3) is 3.91. The summed E-state index contributed by atoms with van der Waals surface area (Å²) in [6, 6.07) is 13.4. The van der Waals surface area contributed by atoms with Crippen molar-refractivity contribution in [1.29, 1.82) is 0 Å². The van der Waals surface area contributed by atoms with Crippen LogP contribution in [0.3, 0.4) is 0 Å². The van der Waals surface area contributed by atoms with Gasteiger partial charge < -0.3 is 0 Å². The second kappa shape index (κ2) is 6.50. The summed E-state index contributed by atoms with van der Waals surface area (Å²) >= 11 is 0.0325. The molecule has 0 aliphatic carbocycles. The van der Waals surface area contributed by atoms with Gasteiger partial charge in [0.25, 0.3) is 0 Å². The van der Waals surface area contributed by atoms with E-state index in [-0.39, 0.29) is 26.6 Å². The predicted molar refractivity (Wildman–Crippen MR) is 73.9 cm³/mol. The third-order valence-electron chi connectivity index (χ3n) is 2.60. The monoisotopic (exact) mass is 324 g/mol. The summed E-state index contributed by atoms with van der Waals surface area (Å²) in [7, 11) is 1.59. The van der Waals surface area contributed by atoms with E-state index in [1.807, 2.05) is 0 Å². The Balaban J connectivity index is 1.95. The van der Waals surface area contributed by atoms with Crippen molar-refractivity contribution in [3.05, 3.63) is 59.9 Å². The third-order valence-corrected chi connectivity index (χ3v) is 4.72. The summed E-state index contributed by atoms with van der Waals surface area (Å²) in [5.74, 6) is 0.591. The number of rotatable bonds is 5. The Morgan fingerprint density at radius 3 is 2.32 bits per heavy atom. The molecule has 0 bridgehead atoms. The van der Waals surface area contributed by atoms with Crippen LogP contribution >= 0.6 is 0 Å². The van der Waals surface area contributed by atoms with Crippen LogP contribution in [0.2, 0.25) is 5.32 Å². The zero-order valence-electron chi connectivity index (χ0n) is 10.4. The van der Waals surface area contributed by atoms with Gasteiger partial charge in [0.2, 0.25) is 0 Å². The number of carbonyl (C=O) groups is 1. The maximum atomic E-state index is 12.8. The average Bonchev–Trinajstić information content (AvgIpc) is 2.46. The fourth-order valence-electron chi connectivity index (χ4n) is 1.54. The molecule has 0 saturated heterocycles. The van der Waals surface area contributed by atoms with E-state index in [2.05, 4.69) is 0 Å². The van der Waals surface area contributed by atoms with Gasteiger partial charge in [-0.3, -0.25) is 0 Å².